The molecule has 35 heavy (non-hydrogen) atoms. The Bertz CT molecular complexity index is 778. The monoisotopic (exact) mass is 513 g/mol. The van der Waals surface area contributed by atoms with E-state index in [2.05, 4.69) is 10.1 Å². The number of alkyl carbamates (subject to hydrolysis) is 1. The van der Waals surface area contributed by atoms with Gasteiger partial charge in [-0.3, -0.25) is 4.79 Å². The van der Waals surface area contributed by atoms with E-state index >= 15 is 0 Å². The van der Waals surface area contributed by atoms with Gasteiger partial charge in [-0.25, -0.2) is 13.6 Å². The fourth-order valence-electron chi connectivity index (χ4n) is 2.26. The highest BCUT2D eigenvalue weighted by Gasteiger charge is 2.23. The Morgan fingerprint density at radius 2 is 1.23 bits per heavy atom. The number of halogens is 4. The van der Waals surface area contributed by atoms with Gasteiger partial charge in [0.25, 0.3) is 0 Å². The summed E-state index contributed by atoms with van der Waals surface area (Å²) in [4.78, 5) is 23.0. The van der Waals surface area contributed by atoms with Crippen molar-refractivity contribution < 1.29 is 55.6 Å². The first-order valence-corrected chi connectivity index (χ1v) is 10.8. The molecular weight excluding hydrogens is 482 g/mol. The van der Waals surface area contributed by atoms with E-state index in [1.807, 2.05) is 0 Å². The van der Waals surface area contributed by atoms with Gasteiger partial charge in [0.15, 0.2) is 11.6 Å². The summed E-state index contributed by atoms with van der Waals surface area (Å²) >= 11 is 0. The zero-order valence-electron chi connectivity index (χ0n) is 19.9. The van der Waals surface area contributed by atoms with E-state index in [4.69, 9.17) is 23.7 Å². The van der Waals surface area contributed by atoms with Gasteiger partial charge < -0.3 is 33.7 Å². The second-order valence-electron chi connectivity index (χ2n) is 7.90. The fraction of sp³-hybridized carbons (Fsp3) is 0.636. The molecule has 200 valence electrons. The van der Waals surface area contributed by atoms with Crippen LogP contribution in [-0.2, 0) is 28.5 Å². The first-order chi connectivity index (χ1) is 16.5. The van der Waals surface area contributed by atoms with Crippen LogP contribution >= 0.6 is 0 Å². The molecule has 0 fully saturated rings. The summed E-state index contributed by atoms with van der Waals surface area (Å²) < 4.78 is 83.4. The smallest absolute Gasteiger partial charge is 0.407 e. The second-order valence-corrected chi connectivity index (χ2v) is 7.90. The van der Waals surface area contributed by atoms with E-state index in [-0.39, 0.29) is 32.5 Å². The maximum atomic E-state index is 13.4. The Labute approximate surface area is 200 Å². The number of hydrogen-bond donors (Lipinski definition) is 1. The van der Waals surface area contributed by atoms with Crippen molar-refractivity contribution in [2.45, 2.75) is 32.8 Å². The van der Waals surface area contributed by atoms with Crippen molar-refractivity contribution in [3.63, 3.8) is 0 Å². The van der Waals surface area contributed by atoms with E-state index in [1.54, 1.807) is 20.8 Å². The molecule has 1 amide bonds. The van der Waals surface area contributed by atoms with Crippen LogP contribution in [0.3, 0.4) is 0 Å². The molecule has 1 aromatic carbocycles. The summed E-state index contributed by atoms with van der Waals surface area (Å²) in [6.45, 7) is 7.38. The molecule has 0 aliphatic heterocycles. The second kappa shape index (κ2) is 16.2. The van der Waals surface area contributed by atoms with Crippen molar-refractivity contribution in [2.24, 2.45) is 0 Å². The summed E-state index contributed by atoms with van der Waals surface area (Å²) in [6, 6.07) is 0.0128. The molecule has 0 heterocycles. The van der Waals surface area contributed by atoms with E-state index < -0.39 is 53.1 Å². The van der Waals surface area contributed by atoms with Gasteiger partial charge >= 0.3 is 12.1 Å². The first-order valence-electron chi connectivity index (χ1n) is 10.8. The number of esters is 1. The molecule has 0 saturated heterocycles. The maximum Gasteiger partial charge on any atom is 0.407 e. The molecule has 1 aromatic rings. The minimum absolute atomic E-state index is 0.0128. The van der Waals surface area contributed by atoms with Gasteiger partial charge in [0.2, 0.25) is 17.4 Å². The highest BCUT2D eigenvalue weighted by atomic mass is 19.2. The van der Waals surface area contributed by atoms with Crippen molar-refractivity contribution >= 4 is 12.1 Å². The quantitative estimate of drug-likeness (QED) is 0.118. The summed E-state index contributed by atoms with van der Waals surface area (Å²) in [6.07, 6.45) is -0.905. The summed E-state index contributed by atoms with van der Waals surface area (Å²) in [7, 11) is 0. The van der Waals surface area contributed by atoms with Crippen molar-refractivity contribution in [2.75, 3.05) is 59.4 Å². The maximum absolute atomic E-state index is 13.4. The number of nitrogens with one attached hydrogen (secondary N) is 1. The van der Waals surface area contributed by atoms with Gasteiger partial charge in [-0.2, -0.15) is 8.78 Å². The van der Waals surface area contributed by atoms with Crippen LogP contribution in [0.4, 0.5) is 22.4 Å². The van der Waals surface area contributed by atoms with Crippen molar-refractivity contribution in [3.8, 4) is 5.75 Å². The fourth-order valence-corrected chi connectivity index (χ4v) is 2.26. The lowest BCUT2D eigenvalue weighted by molar-refractivity contribution is -0.136. The molecule has 0 radical (unpaired) electrons. The molecule has 9 nitrogen and oxygen atoms in total. The number of ether oxygens (including phenoxy) is 6. The van der Waals surface area contributed by atoms with Crippen molar-refractivity contribution in [3.05, 3.63) is 29.3 Å². The third kappa shape index (κ3) is 13.9. The molecule has 0 aliphatic carbocycles. The molecular formula is C22H31F4NO8. The Kier molecular flexibility index (Phi) is 14.2. The topological polar surface area (TPSA) is 102 Å². The molecule has 0 aromatic heterocycles. The molecule has 1 rings (SSSR count). The minimum Gasteiger partial charge on any atom is -0.444 e. The van der Waals surface area contributed by atoms with Crippen LogP contribution in [0.5, 0.6) is 5.75 Å². The van der Waals surface area contributed by atoms with E-state index in [9.17, 15) is 27.2 Å². The average molecular weight is 513 g/mol. The SMILES string of the molecule is CC(C)(C)OC(=O)NCCOCCOCCOCCOCCC(=O)Oc1c(F)c(F)cc(F)c1F. The molecule has 0 unspecified atom stereocenters. The van der Waals surface area contributed by atoms with Gasteiger partial charge in [0.1, 0.15) is 5.60 Å². The number of benzene rings is 1. The van der Waals surface area contributed by atoms with Crippen LogP contribution in [0, 0.1) is 23.3 Å². The van der Waals surface area contributed by atoms with Crippen LogP contribution in [0.25, 0.3) is 0 Å². The van der Waals surface area contributed by atoms with E-state index in [1.165, 1.54) is 0 Å². The van der Waals surface area contributed by atoms with Crippen molar-refractivity contribution in [1.29, 1.82) is 0 Å². The summed E-state index contributed by atoms with van der Waals surface area (Å²) in [5.41, 5.74) is -0.557. The minimum atomic E-state index is -1.80. The van der Waals surface area contributed by atoms with E-state index in [0.29, 0.717) is 33.0 Å². The molecule has 13 heteroatoms. The van der Waals surface area contributed by atoms with E-state index in [0.717, 1.165) is 0 Å². The Hall–Kier alpha value is -2.48. The van der Waals surface area contributed by atoms with Crippen LogP contribution in [0.1, 0.15) is 27.2 Å². The molecule has 0 aliphatic rings. The van der Waals surface area contributed by atoms with Crippen LogP contribution in [-0.4, -0.2) is 77.1 Å². The predicted octanol–water partition coefficient (Wildman–Crippen LogP) is 3.13. The van der Waals surface area contributed by atoms with Gasteiger partial charge in [-0.15, -0.1) is 0 Å². The van der Waals surface area contributed by atoms with Crippen LogP contribution in [0.15, 0.2) is 6.07 Å². The Balaban J connectivity index is 1.94. The highest BCUT2D eigenvalue weighted by molar-refractivity contribution is 5.72. The Morgan fingerprint density at radius 1 is 0.771 bits per heavy atom. The normalized spacial score (nSPS) is 11.4. The molecule has 1 N–H and O–H groups in total. The lowest BCUT2D eigenvalue weighted by atomic mass is 10.2. The van der Waals surface area contributed by atoms with Crippen molar-refractivity contribution in [1.82, 2.24) is 5.32 Å². The number of rotatable bonds is 16. The number of hydrogen-bond acceptors (Lipinski definition) is 8. The third-order valence-electron chi connectivity index (χ3n) is 3.77. The number of amides is 1. The third-order valence-corrected chi connectivity index (χ3v) is 3.77. The van der Waals surface area contributed by atoms with Crippen LogP contribution < -0.4 is 10.1 Å². The molecule has 0 saturated carbocycles. The largest absolute Gasteiger partial charge is 0.444 e. The average Bonchev–Trinajstić information content (AvgIpc) is 2.76. The summed E-state index contributed by atoms with van der Waals surface area (Å²) in [5.74, 6) is -9.50. The first kappa shape index (κ1) is 30.6. The molecule has 0 atom stereocenters. The van der Waals surface area contributed by atoms with Gasteiger partial charge in [-0.05, 0) is 20.8 Å². The lowest BCUT2D eigenvalue weighted by Gasteiger charge is -2.19. The van der Waals surface area contributed by atoms with Gasteiger partial charge in [0, 0.05) is 12.6 Å². The number of carbonyl (C=O) groups excluding carboxylic acids is 2. The lowest BCUT2D eigenvalue weighted by Crippen LogP contribution is -2.34. The Morgan fingerprint density at radius 3 is 1.71 bits per heavy atom. The van der Waals surface area contributed by atoms with Crippen LogP contribution in [0.2, 0.25) is 0 Å². The summed E-state index contributed by atoms with van der Waals surface area (Å²) in [5, 5.41) is 2.56. The predicted molar refractivity (Wildman–Crippen MR) is 114 cm³/mol. The highest BCUT2D eigenvalue weighted by Crippen LogP contribution is 2.26. The zero-order valence-corrected chi connectivity index (χ0v) is 19.9. The van der Waals surface area contributed by atoms with Gasteiger partial charge in [0.05, 0.1) is 59.3 Å². The molecule has 0 spiro atoms. The van der Waals surface area contributed by atoms with Gasteiger partial charge in [-0.1, -0.05) is 0 Å². The number of carbonyl (C=O) groups is 2. The standard InChI is InChI=1S/C22H31F4NO8/c1-22(2,3)35-21(29)27-5-7-31-9-11-33-13-12-32-10-8-30-6-4-17(28)34-20-18(25)15(23)14-16(24)19(20)26/h14H,4-13H2,1-3H3,(H,27,29). The molecule has 0 bridgehead atoms. The zero-order chi connectivity index (χ0) is 26.3.